The van der Waals surface area contributed by atoms with Crippen LogP contribution in [0.5, 0.6) is 0 Å². The summed E-state index contributed by atoms with van der Waals surface area (Å²) in [5, 5.41) is 0.751. The predicted octanol–water partition coefficient (Wildman–Crippen LogP) is 3.90. The molecule has 0 bridgehead atoms. The lowest BCUT2D eigenvalue weighted by molar-refractivity contribution is 0.264. The average Bonchev–Trinajstić information content (AvgIpc) is 2.00. The van der Waals surface area contributed by atoms with Gasteiger partial charge in [-0.2, -0.15) is 0 Å². The van der Waals surface area contributed by atoms with Gasteiger partial charge in [0.25, 0.3) is 0 Å². The van der Waals surface area contributed by atoms with Crippen LogP contribution in [0.2, 0.25) is 5.02 Å². The lowest BCUT2D eigenvalue weighted by Gasteiger charge is -2.32. The van der Waals surface area contributed by atoms with Gasteiger partial charge in [0.1, 0.15) is 0 Å². The zero-order valence-electron chi connectivity index (χ0n) is 7.84. The van der Waals surface area contributed by atoms with E-state index in [0.717, 1.165) is 9.50 Å². The van der Waals surface area contributed by atoms with Crippen LogP contribution in [-0.2, 0) is 0 Å². The molecule has 3 heteroatoms. The van der Waals surface area contributed by atoms with E-state index in [4.69, 9.17) is 17.3 Å². The lowest BCUT2D eigenvalue weighted by Crippen LogP contribution is -2.27. The summed E-state index contributed by atoms with van der Waals surface area (Å²) in [4.78, 5) is 0. The van der Waals surface area contributed by atoms with Gasteiger partial charge in [0.15, 0.2) is 0 Å². The molecule has 2 rings (SSSR count). The molecule has 1 aromatic carbocycles. The minimum atomic E-state index is 0.162. The molecule has 1 atom stereocenters. The van der Waals surface area contributed by atoms with E-state index in [-0.39, 0.29) is 6.04 Å². The molecular formula is C11H13BrClN. The van der Waals surface area contributed by atoms with Crippen molar-refractivity contribution in [1.29, 1.82) is 0 Å². The molecule has 1 aliphatic carbocycles. The van der Waals surface area contributed by atoms with Crippen molar-refractivity contribution in [2.45, 2.75) is 25.3 Å². The minimum absolute atomic E-state index is 0.162. The van der Waals surface area contributed by atoms with Crippen LogP contribution < -0.4 is 5.73 Å². The lowest BCUT2D eigenvalue weighted by atomic mass is 9.78. The Balaban J connectivity index is 2.22. The minimum Gasteiger partial charge on any atom is -0.324 e. The van der Waals surface area contributed by atoms with E-state index in [0.29, 0.717) is 5.92 Å². The molecule has 1 unspecified atom stereocenters. The second-order valence-corrected chi connectivity index (χ2v) is 5.17. The van der Waals surface area contributed by atoms with Gasteiger partial charge in [-0.1, -0.05) is 40.0 Å². The second kappa shape index (κ2) is 4.21. The van der Waals surface area contributed by atoms with Crippen LogP contribution in [0.4, 0.5) is 0 Å². The monoisotopic (exact) mass is 273 g/mol. The van der Waals surface area contributed by atoms with Crippen LogP contribution in [0.1, 0.15) is 30.9 Å². The standard InChI is InChI=1S/C11H13BrClN/c12-10-6-8(13)4-5-9(10)11(14)7-2-1-3-7/h4-7,11H,1-3,14H2. The van der Waals surface area contributed by atoms with E-state index >= 15 is 0 Å². The smallest absolute Gasteiger partial charge is 0.0417 e. The Morgan fingerprint density at radius 1 is 1.43 bits per heavy atom. The van der Waals surface area contributed by atoms with Gasteiger partial charge in [-0.05, 0) is 36.5 Å². The van der Waals surface area contributed by atoms with Crippen LogP contribution in [0.15, 0.2) is 22.7 Å². The molecule has 0 radical (unpaired) electrons. The maximum atomic E-state index is 6.18. The fourth-order valence-corrected chi connectivity index (χ4v) is 2.77. The first-order chi connectivity index (χ1) is 6.68. The Bertz CT molecular complexity index is 336. The molecule has 0 aliphatic heterocycles. The van der Waals surface area contributed by atoms with Crippen LogP contribution in [0, 0.1) is 5.92 Å². The van der Waals surface area contributed by atoms with Gasteiger partial charge in [-0.25, -0.2) is 0 Å². The van der Waals surface area contributed by atoms with E-state index in [1.165, 1.54) is 24.8 Å². The molecule has 1 aromatic rings. The molecule has 76 valence electrons. The van der Waals surface area contributed by atoms with Gasteiger partial charge in [0.2, 0.25) is 0 Å². The fourth-order valence-electron chi connectivity index (χ4n) is 1.82. The normalized spacial score (nSPS) is 19.1. The highest BCUT2D eigenvalue weighted by atomic mass is 79.9. The Hall–Kier alpha value is -0.0500. The molecule has 0 aromatic heterocycles. The molecule has 1 saturated carbocycles. The van der Waals surface area contributed by atoms with Crippen molar-refractivity contribution < 1.29 is 0 Å². The molecule has 2 N–H and O–H groups in total. The Labute approximate surface area is 97.8 Å². The molecule has 14 heavy (non-hydrogen) atoms. The molecule has 0 heterocycles. The zero-order chi connectivity index (χ0) is 10.1. The quantitative estimate of drug-likeness (QED) is 0.869. The predicted molar refractivity (Wildman–Crippen MR) is 63.4 cm³/mol. The SMILES string of the molecule is NC(c1ccc(Cl)cc1Br)C1CCC1. The van der Waals surface area contributed by atoms with Gasteiger partial charge < -0.3 is 5.73 Å². The molecule has 1 fully saturated rings. The van der Waals surface area contributed by atoms with Crippen molar-refractivity contribution in [2.75, 3.05) is 0 Å². The molecule has 0 saturated heterocycles. The third-order valence-corrected chi connectivity index (χ3v) is 3.90. The Morgan fingerprint density at radius 3 is 2.64 bits per heavy atom. The number of rotatable bonds is 2. The first-order valence-corrected chi connectivity index (χ1v) is 6.06. The molecule has 0 amide bonds. The van der Waals surface area contributed by atoms with Crippen molar-refractivity contribution in [3.63, 3.8) is 0 Å². The molecule has 1 aliphatic rings. The van der Waals surface area contributed by atoms with Crippen molar-refractivity contribution in [3.8, 4) is 0 Å². The van der Waals surface area contributed by atoms with E-state index < -0.39 is 0 Å². The summed E-state index contributed by atoms with van der Waals surface area (Å²) < 4.78 is 1.03. The number of nitrogens with two attached hydrogens (primary N) is 1. The van der Waals surface area contributed by atoms with E-state index in [9.17, 15) is 0 Å². The van der Waals surface area contributed by atoms with E-state index in [2.05, 4.69) is 15.9 Å². The number of hydrogen-bond donors (Lipinski definition) is 1. The first-order valence-electron chi connectivity index (χ1n) is 4.89. The first kappa shape index (κ1) is 10.5. The summed E-state index contributed by atoms with van der Waals surface area (Å²) in [6.45, 7) is 0. The van der Waals surface area contributed by atoms with Crippen molar-refractivity contribution in [2.24, 2.45) is 11.7 Å². The van der Waals surface area contributed by atoms with Crippen molar-refractivity contribution in [1.82, 2.24) is 0 Å². The summed E-state index contributed by atoms with van der Waals surface area (Å²) in [7, 11) is 0. The molecule has 0 spiro atoms. The second-order valence-electron chi connectivity index (χ2n) is 3.88. The maximum absolute atomic E-state index is 6.18. The maximum Gasteiger partial charge on any atom is 0.0417 e. The van der Waals surface area contributed by atoms with Crippen molar-refractivity contribution in [3.05, 3.63) is 33.3 Å². The Kier molecular flexibility index (Phi) is 3.15. The highest BCUT2D eigenvalue weighted by molar-refractivity contribution is 9.10. The third-order valence-electron chi connectivity index (χ3n) is 2.98. The van der Waals surface area contributed by atoms with E-state index in [1.807, 2.05) is 18.2 Å². The van der Waals surface area contributed by atoms with Gasteiger partial charge in [-0.15, -0.1) is 0 Å². The van der Waals surface area contributed by atoms with Crippen molar-refractivity contribution >= 4 is 27.5 Å². The summed E-state index contributed by atoms with van der Waals surface area (Å²) in [6, 6.07) is 6.00. The van der Waals surface area contributed by atoms with Gasteiger partial charge in [0.05, 0.1) is 0 Å². The molecular weight excluding hydrogens is 261 g/mol. The fraction of sp³-hybridized carbons (Fsp3) is 0.455. The number of hydrogen-bond acceptors (Lipinski definition) is 1. The summed E-state index contributed by atoms with van der Waals surface area (Å²) in [5.41, 5.74) is 7.36. The van der Waals surface area contributed by atoms with E-state index in [1.54, 1.807) is 0 Å². The van der Waals surface area contributed by atoms with Crippen LogP contribution >= 0.6 is 27.5 Å². The van der Waals surface area contributed by atoms with Crippen LogP contribution in [-0.4, -0.2) is 0 Å². The zero-order valence-corrected chi connectivity index (χ0v) is 10.2. The average molecular weight is 275 g/mol. The number of benzene rings is 1. The van der Waals surface area contributed by atoms with Crippen LogP contribution in [0.25, 0.3) is 0 Å². The summed E-state index contributed by atoms with van der Waals surface area (Å²) in [6.07, 6.45) is 3.84. The topological polar surface area (TPSA) is 26.0 Å². The highest BCUT2D eigenvalue weighted by Crippen LogP contribution is 2.38. The largest absolute Gasteiger partial charge is 0.324 e. The summed E-state index contributed by atoms with van der Waals surface area (Å²) in [5.74, 6) is 0.660. The third kappa shape index (κ3) is 1.97. The van der Waals surface area contributed by atoms with Gasteiger partial charge >= 0.3 is 0 Å². The summed E-state index contributed by atoms with van der Waals surface area (Å²) >= 11 is 9.38. The van der Waals surface area contributed by atoms with Gasteiger partial charge in [-0.3, -0.25) is 0 Å². The van der Waals surface area contributed by atoms with Crippen LogP contribution in [0.3, 0.4) is 0 Å². The Morgan fingerprint density at radius 2 is 2.14 bits per heavy atom. The number of halogens is 2. The highest BCUT2D eigenvalue weighted by Gasteiger charge is 2.26. The van der Waals surface area contributed by atoms with Gasteiger partial charge in [0, 0.05) is 15.5 Å². The molecule has 1 nitrogen and oxygen atoms in total.